The zero-order valence-corrected chi connectivity index (χ0v) is 15.7. The molecule has 3 N–H and O–H groups in total. The van der Waals surface area contributed by atoms with Crippen LogP contribution in [0, 0.1) is 6.92 Å². The highest BCUT2D eigenvalue weighted by Gasteiger charge is 2.12. The number of halogens is 1. The Morgan fingerprint density at radius 3 is 2.68 bits per heavy atom. The lowest BCUT2D eigenvalue weighted by molar-refractivity contribution is -0.118. The van der Waals surface area contributed by atoms with Crippen molar-refractivity contribution in [3.05, 3.63) is 52.0 Å². The summed E-state index contributed by atoms with van der Waals surface area (Å²) in [6, 6.07) is 11.0. The van der Waals surface area contributed by atoms with Crippen LogP contribution in [0.4, 0.5) is 5.69 Å². The average Bonchev–Trinajstić information content (AvgIpc) is 2.59. The van der Waals surface area contributed by atoms with E-state index in [1.54, 1.807) is 12.1 Å². The molecular weight excluding hydrogens is 386 g/mol. The van der Waals surface area contributed by atoms with Gasteiger partial charge in [-0.3, -0.25) is 4.79 Å². The van der Waals surface area contributed by atoms with Crippen LogP contribution < -0.4 is 20.6 Å². The van der Waals surface area contributed by atoms with Gasteiger partial charge < -0.3 is 20.6 Å². The minimum Gasteiger partial charge on any atom is -0.490 e. The highest BCUT2D eigenvalue weighted by Crippen LogP contribution is 2.33. The smallest absolute Gasteiger partial charge is 0.262 e. The molecule has 0 atom stereocenters. The van der Waals surface area contributed by atoms with Crippen LogP contribution in [0.25, 0.3) is 0 Å². The molecule has 0 radical (unpaired) electrons. The number of nitrogens with zero attached hydrogens (tertiary/aromatic N) is 1. The average molecular weight is 406 g/mol. The molecular formula is C18H20BrN3O3. The first kappa shape index (κ1) is 18.8. The monoisotopic (exact) mass is 405 g/mol. The predicted octanol–water partition coefficient (Wildman–Crippen LogP) is 3.47. The molecule has 0 saturated carbocycles. The van der Waals surface area contributed by atoms with Gasteiger partial charge in [-0.05, 0) is 53.5 Å². The summed E-state index contributed by atoms with van der Waals surface area (Å²) in [5, 5.41) is 6.34. The number of amides is 1. The Kier molecular flexibility index (Phi) is 6.82. The van der Waals surface area contributed by atoms with Crippen LogP contribution >= 0.6 is 15.9 Å². The van der Waals surface area contributed by atoms with E-state index in [2.05, 4.69) is 26.3 Å². The fraction of sp³-hybridized carbons (Fsp3) is 0.222. The van der Waals surface area contributed by atoms with Crippen molar-refractivity contribution in [2.45, 2.75) is 13.8 Å². The fourth-order valence-corrected chi connectivity index (χ4v) is 2.58. The molecule has 1 amide bonds. The van der Waals surface area contributed by atoms with Gasteiger partial charge in [-0.15, -0.1) is 0 Å². The maximum absolute atomic E-state index is 12.1. The summed E-state index contributed by atoms with van der Waals surface area (Å²) in [5.74, 6) is 5.93. The van der Waals surface area contributed by atoms with E-state index in [0.29, 0.717) is 18.1 Å². The Balaban J connectivity index is 2.10. The van der Waals surface area contributed by atoms with Crippen LogP contribution in [-0.2, 0) is 4.79 Å². The lowest BCUT2D eigenvalue weighted by Crippen LogP contribution is -2.21. The number of aryl methyl sites for hydroxylation is 1. The zero-order chi connectivity index (χ0) is 18.2. The second-order valence-corrected chi connectivity index (χ2v) is 6.04. The van der Waals surface area contributed by atoms with Crippen molar-refractivity contribution < 1.29 is 14.3 Å². The number of carbonyl (C=O) groups excluding carboxylic acids is 1. The topological polar surface area (TPSA) is 85.9 Å². The molecule has 0 bridgehead atoms. The summed E-state index contributed by atoms with van der Waals surface area (Å²) in [7, 11) is 0. The van der Waals surface area contributed by atoms with E-state index in [-0.39, 0.29) is 12.5 Å². The molecule has 0 unspecified atom stereocenters. The number of rotatable bonds is 7. The largest absolute Gasteiger partial charge is 0.490 e. The first-order valence-electron chi connectivity index (χ1n) is 7.73. The molecule has 0 aromatic heterocycles. The standard InChI is InChI=1S/C18H20BrN3O3/c1-3-24-16-8-13(10-21-20)14(19)9-17(16)25-11-18(23)22-15-7-5-4-6-12(15)2/h4-10H,3,11,20H2,1-2H3,(H,22,23). The molecule has 6 nitrogen and oxygen atoms in total. The second-order valence-electron chi connectivity index (χ2n) is 5.18. The normalized spacial score (nSPS) is 10.7. The Bertz CT molecular complexity index is 778. The molecule has 0 aliphatic heterocycles. The molecule has 0 aliphatic carbocycles. The van der Waals surface area contributed by atoms with Gasteiger partial charge >= 0.3 is 0 Å². The van der Waals surface area contributed by atoms with E-state index < -0.39 is 0 Å². The van der Waals surface area contributed by atoms with E-state index in [9.17, 15) is 4.79 Å². The van der Waals surface area contributed by atoms with Gasteiger partial charge in [0.1, 0.15) is 0 Å². The number of carbonyl (C=O) groups is 1. The molecule has 0 fully saturated rings. The number of nitrogens with one attached hydrogen (secondary N) is 1. The third kappa shape index (κ3) is 5.22. The van der Waals surface area contributed by atoms with Gasteiger partial charge in [-0.25, -0.2) is 0 Å². The van der Waals surface area contributed by atoms with E-state index in [1.165, 1.54) is 6.21 Å². The van der Waals surface area contributed by atoms with E-state index in [4.69, 9.17) is 15.3 Å². The molecule has 132 valence electrons. The summed E-state index contributed by atoms with van der Waals surface area (Å²) in [5.41, 5.74) is 2.50. The van der Waals surface area contributed by atoms with Crippen LogP contribution in [0.3, 0.4) is 0 Å². The lowest BCUT2D eigenvalue weighted by Gasteiger charge is -2.14. The third-order valence-corrected chi connectivity index (χ3v) is 4.04. The van der Waals surface area contributed by atoms with Crippen molar-refractivity contribution >= 4 is 33.7 Å². The molecule has 2 rings (SSSR count). The van der Waals surface area contributed by atoms with Gasteiger partial charge in [-0.1, -0.05) is 18.2 Å². The van der Waals surface area contributed by atoms with Gasteiger partial charge in [0, 0.05) is 15.7 Å². The summed E-state index contributed by atoms with van der Waals surface area (Å²) >= 11 is 3.42. The first-order valence-corrected chi connectivity index (χ1v) is 8.52. The summed E-state index contributed by atoms with van der Waals surface area (Å²) in [4.78, 5) is 12.1. The molecule has 0 aliphatic rings. The van der Waals surface area contributed by atoms with Gasteiger partial charge in [0.15, 0.2) is 18.1 Å². The molecule has 0 heterocycles. The summed E-state index contributed by atoms with van der Waals surface area (Å²) < 4.78 is 11.9. The van der Waals surface area contributed by atoms with E-state index >= 15 is 0 Å². The number of ether oxygens (including phenoxy) is 2. The highest BCUT2D eigenvalue weighted by atomic mass is 79.9. The zero-order valence-electron chi connectivity index (χ0n) is 14.1. The molecule has 2 aromatic rings. The molecule has 7 heteroatoms. The number of hydrazone groups is 1. The van der Waals surface area contributed by atoms with Crippen LogP contribution in [0.2, 0.25) is 0 Å². The highest BCUT2D eigenvalue weighted by molar-refractivity contribution is 9.10. The Labute approximate surface area is 155 Å². The molecule has 2 aromatic carbocycles. The van der Waals surface area contributed by atoms with E-state index in [1.807, 2.05) is 38.1 Å². The minimum atomic E-state index is -0.250. The fourth-order valence-electron chi connectivity index (χ4n) is 2.15. The Hall–Kier alpha value is -2.54. The predicted molar refractivity (Wildman–Crippen MR) is 102 cm³/mol. The van der Waals surface area contributed by atoms with Crippen molar-refractivity contribution in [3.8, 4) is 11.5 Å². The molecule has 0 spiro atoms. The van der Waals surface area contributed by atoms with Crippen LogP contribution in [0.15, 0.2) is 46.0 Å². The quantitative estimate of drug-likeness (QED) is 0.419. The van der Waals surface area contributed by atoms with Crippen LogP contribution in [-0.4, -0.2) is 25.3 Å². The maximum atomic E-state index is 12.1. The maximum Gasteiger partial charge on any atom is 0.262 e. The number of hydrogen-bond acceptors (Lipinski definition) is 5. The number of para-hydroxylation sites is 1. The van der Waals surface area contributed by atoms with Gasteiger partial charge in [0.05, 0.1) is 12.8 Å². The van der Waals surface area contributed by atoms with Crippen molar-refractivity contribution in [2.24, 2.45) is 10.9 Å². The van der Waals surface area contributed by atoms with Crippen molar-refractivity contribution in [1.29, 1.82) is 0 Å². The Morgan fingerprint density at radius 2 is 2.00 bits per heavy atom. The number of benzene rings is 2. The number of hydrogen-bond donors (Lipinski definition) is 2. The minimum absolute atomic E-state index is 0.134. The van der Waals surface area contributed by atoms with Crippen LogP contribution in [0.1, 0.15) is 18.1 Å². The Morgan fingerprint density at radius 1 is 1.28 bits per heavy atom. The molecule has 0 saturated heterocycles. The third-order valence-electron chi connectivity index (χ3n) is 3.35. The van der Waals surface area contributed by atoms with Crippen molar-refractivity contribution in [2.75, 3.05) is 18.5 Å². The SMILES string of the molecule is CCOc1cc(C=NN)c(Br)cc1OCC(=O)Nc1ccccc1C. The van der Waals surface area contributed by atoms with Gasteiger partial charge in [0.2, 0.25) is 0 Å². The van der Waals surface area contributed by atoms with Crippen molar-refractivity contribution in [1.82, 2.24) is 0 Å². The lowest BCUT2D eigenvalue weighted by atomic mass is 10.2. The van der Waals surface area contributed by atoms with E-state index in [0.717, 1.165) is 21.3 Å². The van der Waals surface area contributed by atoms with Crippen molar-refractivity contribution in [3.63, 3.8) is 0 Å². The molecule has 25 heavy (non-hydrogen) atoms. The van der Waals surface area contributed by atoms with Gasteiger partial charge in [0.25, 0.3) is 5.91 Å². The summed E-state index contributed by atoms with van der Waals surface area (Å²) in [6.45, 7) is 4.13. The first-order chi connectivity index (χ1) is 12.0. The number of nitrogens with two attached hydrogens (primary N) is 1. The summed E-state index contributed by atoms with van der Waals surface area (Å²) in [6.07, 6.45) is 1.50. The van der Waals surface area contributed by atoms with Crippen LogP contribution in [0.5, 0.6) is 11.5 Å². The number of anilines is 1. The second kappa shape index (κ2) is 9.08. The van der Waals surface area contributed by atoms with Gasteiger partial charge in [-0.2, -0.15) is 5.10 Å².